The molecule has 1 aliphatic rings. The molecule has 0 bridgehead atoms. The van der Waals surface area contributed by atoms with Crippen molar-refractivity contribution in [3.05, 3.63) is 77.5 Å². The minimum absolute atomic E-state index is 0.0195. The molecule has 1 fully saturated rings. The van der Waals surface area contributed by atoms with Gasteiger partial charge < -0.3 is 22.3 Å². The second-order valence-electron chi connectivity index (χ2n) is 8.14. The maximum absolute atomic E-state index is 12.6. The standard InChI is InChI=1S/C19H20Cl3NO4S.C6H5.Hg/c1-11(2)15(18(26)27-10-19(20,21)22)23-16(25)14(17(23)28)9-13(24)8-12-6-4-3-5-7-12;1-2-4-6-5-3-1;/h3-7,14,17,28H,8-10H2,1-2H3;1-5H;/q;;+1/p-1/t14-,17-;;/m1../s1. The van der Waals surface area contributed by atoms with E-state index in [9.17, 15) is 14.4 Å². The SMILES string of the molecule is CC(C)=C(C(=O)OCC(Cl)(Cl)Cl)N1C(=O)[C@@H](CC(=O)Cc2ccccc2)[C@H]1[S-].[Hg+][c]1ccccc1. The Kier molecular flexibility index (Phi) is 12.1. The molecule has 0 radical (unpaired) electrons. The number of alkyl halides is 3. The van der Waals surface area contributed by atoms with Crippen LogP contribution in [0.3, 0.4) is 0 Å². The Balaban J connectivity index is 0.000000527. The van der Waals surface area contributed by atoms with Gasteiger partial charge in [0.2, 0.25) is 9.70 Å². The summed E-state index contributed by atoms with van der Waals surface area (Å²) in [5, 5.41) is -0.725. The molecule has 1 aliphatic heterocycles. The topological polar surface area (TPSA) is 63.7 Å². The molecule has 1 heterocycles. The normalized spacial score (nSPS) is 17.0. The predicted octanol–water partition coefficient (Wildman–Crippen LogP) is 4.59. The molecule has 0 unspecified atom stereocenters. The summed E-state index contributed by atoms with van der Waals surface area (Å²) in [6.45, 7) is 2.83. The molecule has 0 saturated carbocycles. The number of allylic oxidation sites excluding steroid dienone is 1. The van der Waals surface area contributed by atoms with Crippen LogP contribution in [0.1, 0.15) is 25.8 Å². The number of ketones is 1. The molecule has 2 aromatic rings. The van der Waals surface area contributed by atoms with Crippen LogP contribution in [0.5, 0.6) is 0 Å². The molecule has 5 nitrogen and oxygen atoms in total. The maximum atomic E-state index is 12.6. The Morgan fingerprint density at radius 3 is 2.00 bits per heavy atom. The van der Waals surface area contributed by atoms with E-state index in [1.807, 2.05) is 30.3 Å². The van der Waals surface area contributed by atoms with E-state index in [0.717, 1.165) is 31.7 Å². The van der Waals surface area contributed by atoms with Crippen molar-refractivity contribution >= 4 is 68.2 Å². The van der Waals surface area contributed by atoms with Gasteiger partial charge >= 0.3 is 65.5 Å². The van der Waals surface area contributed by atoms with Crippen molar-refractivity contribution < 1.29 is 45.2 Å². The van der Waals surface area contributed by atoms with E-state index in [0.29, 0.717) is 5.57 Å². The van der Waals surface area contributed by atoms with E-state index in [2.05, 4.69) is 30.3 Å². The molecular weight excluding hydrogens is 717 g/mol. The number of nitrogens with zero attached hydrogens (tertiary/aromatic N) is 1. The van der Waals surface area contributed by atoms with Crippen LogP contribution in [0.2, 0.25) is 0 Å². The number of halogens is 3. The van der Waals surface area contributed by atoms with Crippen molar-refractivity contribution in [3.63, 3.8) is 0 Å². The Bertz CT molecular complexity index is 1060. The van der Waals surface area contributed by atoms with E-state index in [-0.39, 0.29) is 30.2 Å². The summed E-state index contributed by atoms with van der Waals surface area (Å²) in [5.74, 6) is -1.93. The summed E-state index contributed by atoms with van der Waals surface area (Å²) < 4.78 is 4.73. The van der Waals surface area contributed by atoms with Crippen LogP contribution < -0.4 is 3.07 Å². The van der Waals surface area contributed by atoms with Gasteiger partial charge in [-0.15, -0.1) is 0 Å². The summed E-state index contributed by atoms with van der Waals surface area (Å²) in [7, 11) is 0. The number of β-lactam (4-membered cyclic amide) rings is 1. The third-order valence-electron chi connectivity index (χ3n) is 4.96. The van der Waals surface area contributed by atoms with Crippen molar-refractivity contribution in [2.75, 3.05) is 6.61 Å². The van der Waals surface area contributed by atoms with Gasteiger partial charge in [-0.2, -0.15) is 0 Å². The van der Waals surface area contributed by atoms with Gasteiger partial charge in [0.25, 0.3) is 0 Å². The quantitative estimate of drug-likeness (QED) is 0.104. The molecule has 0 aromatic heterocycles. The van der Waals surface area contributed by atoms with Crippen molar-refractivity contribution in [2.24, 2.45) is 5.92 Å². The van der Waals surface area contributed by atoms with Crippen molar-refractivity contribution in [1.29, 1.82) is 0 Å². The molecule has 182 valence electrons. The first-order valence-electron chi connectivity index (χ1n) is 10.7. The van der Waals surface area contributed by atoms with Gasteiger partial charge in [0.1, 0.15) is 18.1 Å². The number of Topliss-reactive ketones (excluding diaryl/α,β-unsaturated/α-hetero) is 1. The summed E-state index contributed by atoms with van der Waals surface area (Å²) >= 11 is 23.0. The van der Waals surface area contributed by atoms with E-state index in [1.165, 1.54) is 7.97 Å². The molecule has 0 spiro atoms. The molecule has 1 amide bonds. The molecule has 10 heteroatoms. The second-order valence-corrected chi connectivity index (χ2v) is 14.3. The van der Waals surface area contributed by atoms with Crippen LogP contribution in [0.4, 0.5) is 0 Å². The average molecular weight is 741 g/mol. The third-order valence-corrected chi connectivity index (χ3v) is 7.66. The van der Waals surface area contributed by atoms with Crippen LogP contribution in [-0.4, -0.2) is 38.3 Å². The molecule has 0 N–H and O–H groups in total. The third kappa shape index (κ3) is 9.73. The van der Waals surface area contributed by atoms with E-state index >= 15 is 0 Å². The first-order chi connectivity index (χ1) is 16.4. The number of carbonyl (C=O) groups excluding carboxylic acids is 3. The molecular formula is C25H24Cl3HgNO4S. The number of carbonyl (C=O) groups is 3. The number of hydrogen-bond acceptors (Lipinski definition) is 5. The molecule has 35 heavy (non-hydrogen) atoms. The summed E-state index contributed by atoms with van der Waals surface area (Å²) in [5.41, 5.74) is 1.43. The van der Waals surface area contributed by atoms with Gasteiger partial charge in [0.15, 0.2) is 0 Å². The fraction of sp³-hybridized carbons (Fsp3) is 0.320. The zero-order chi connectivity index (χ0) is 26.2. The van der Waals surface area contributed by atoms with Crippen LogP contribution in [-0.2, 0) is 64.3 Å². The van der Waals surface area contributed by atoms with Crippen LogP contribution >= 0.6 is 34.8 Å². The van der Waals surface area contributed by atoms with Crippen LogP contribution in [0, 0.1) is 5.92 Å². The summed E-state index contributed by atoms with van der Waals surface area (Å²) in [6.07, 6.45) is 0.255. The van der Waals surface area contributed by atoms with Crippen molar-refractivity contribution in [2.45, 2.75) is 35.9 Å². The van der Waals surface area contributed by atoms with Crippen LogP contribution in [0.25, 0.3) is 0 Å². The first-order valence-corrected chi connectivity index (χ1v) is 15.1. The van der Waals surface area contributed by atoms with Gasteiger partial charge in [-0.1, -0.05) is 70.5 Å². The zero-order valence-electron chi connectivity index (χ0n) is 19.4. The molecule has 3 rings (SSSR count). The number of amides is 1. The van der Waals surface area contributed by atoms with Gasteiger partial charge in [0, 0.05) is 18.8 Å². The number of likely N-dealkylation sites (tertiary alicyclic amines) is 1. The Labute approximate surface area is 242 Å². The molecule has 2 atom stereocenters. The Hall–Kier alpha value is -1.05. The summed E-state index contributed by atoms with van der Waals surface area (Å²) in [4.78, 5) is 38.4. The van der Waals surface area contributed by atoms with E-state index in [4.69, 9.17) is 52.2 Å². The zero-order valence-corrected chi connectivity index (χ0v) is 28.0. The number of benzene rings is 2. The Morgan fingerprint density at radius 1 is 1.03 bits per heavy atom. The first kappa shape index (κ1) is 30.2. The monoisotopic (exact) mass is 741 g/mol. The van der Waals surface area contributed by atoms with E-state index in [1.54, 1.807) is 13.8 Å². The second kappa shape index (κ2) is 14.0. The van der Waals surface area contributed by atoms with E-state index < -0.39 is 27.7 Å². The Morgan fingerprint density at radius 2 is 1.57 bits per heavy atom. The molecule has 2 aromatic carbocycles. The van der Waals surface area contributed by atoms with Crippen molar-refractivity contribution in [1.82, 2.24) is 4.90 Å². The number of esters is 1. The van der Waals surface area contributed by atoms with Gasteiger partial charge in [-0.05, 0) is 25.0 Å². The molecule has 1 saturated heterocycles. The average Bonchev–Trinajstić information content (AvgIpc) is 2.80. The van der Waals surface area contributed by atoms with Crippen molar-refractivity contribution in [3.8, 4) is 0 Å². The number of rotatable bonds is 7. The van der Waals surface area contributed by atoms with Crippen LogP contribution in [0.15, 0.2) is 71.9 Å². The number of ether oxygens (including phenoxy) is 1. The fourth-order valence-electron chi connectivity index (χ4n) is 3.33. The molecule has 0 aliphatic carbocycles. The number of hydrogen-bond donors (Lipinski definition) is 0. The summed E-state index contributed by atoms with van der Waals surface area (Å²) in [6, 6.07) is 19.8. The van der Waals surface area contributed by atoms with Gasteiger partial charge in [-0.3, -0.25) is 9.59 Å². The van der Waals surface area contributed by atoms with Gasteiger partial charge in [-0.25, -0.2) is 4.79 Å². The van der Waals surface area contributed by atoms with Gasteiger partial charge in [0.05, 0.1) is 0 Å². The fourth-order valence-corrected chi connectivity index (χ4v) is 4.97. The minimum atomic E-state index is -1.76. The predicted molar refractivity (Wildman–Crippen MR) is 137 cm³/mol.